The van der Waals surface area contributed by atoms with Gasteiger partial charge in [-0.25, -0.2) is 4.98 Å². The molecule has 0 aliphatic rings. The molecule has 0 aliphatic carbocycles. The summed E-state index contributed by atoms with van der Waals surface area (Å²) in [4.78, 5) is 57.5. The molecular weight excluding hydrogens is 707 g/mol. The molecule has 5 aromatic carbocycles. The Labute approximate surface area is 314 Å². The van der Waals surface area contributed by atoms with Crippen LogP contribution in [0.4, 0.5) is 16.5 Å². The number of aryl methyl sites for hydroxylation is 2. The Balaban J connectivity index is 1.18. The first-order chi connectivity index (χ1) is 25.6. The first-order valence-corrected chi connectivity index (χ1v) is 18.1. The Bertz CT molecular complexity index is 2270. The van der Waals surface area contributed by atoms with Gasteiger partial charge in [0.2, 0.25) is 5.91 Å². The van der Waals surface area contributed by atoms with Gasteiger partial charge in [-0.15, -0.1) is 23.1 Å². The number of anilines is 2. The van der Waals surface area contributed by atoms with Crippen molar-refractivity contribution in [2.24, 2.45) is 0 Å². The molecule has 0 saturated heterocycles. The zero-order valence-electron chi connectivity index (χ0n) is 28.6. The van der Waals surface area contributed by atoms with Crippen LogP contribution in [-0.4, -0.2) is 27.6 Å². The quantitative estimate of drug-likeness (QED) is 0.0491. The first-order valence-electron chi connectivity index (χ1n) is 16.4. The molecule has 3 N–H and O–H groups in total. The molecule has 6 aromatic rings. The van der Waals surface area contributed by atoms with Crippen LogP contribution in [-0.2, 0) is 9.59 Å². The molecule has 0 bridgehead atoms. The molecular formula is C41H33N5O5S2. The lowest BCUT2D eigenvalue weighted by Crippen LogP contribution is -2.30. The van der Waals surface area contributed by atoms with Crippen molar-refractivity contribution >= 4 is 63.4 Å². The number of amides is 3. The van der Waals surface area contributed by atoms with E-state index in [1.807, 2.05) is 68.4 Å². The number of benzene rings is 5. The first kappa shape index (κ1) is 36.4. The molecule has 0 saturated carbocycles. The third kappa shape index (κ3) is 9.50. The van der Waals surface area contributed by atoms with E-state index in [1.165, 1.54) is 53.4 Å². The van der Waals surface area contributed by atoms with E-state index in [-0.39, 0.29) is 17.3 Å². The van der Waals surface area contributed by atoms with E-state index in [0.29, 0.717) is 21.9 Å². The van der Waals surface area contributed by atoms with Crippen LogP contribution < -0.4 is 16.0 Å². The minimum atomic E-state index is -0.604. The number of nitrogens with zero attached hydrogens (tertiary/aromatic N) is 2. The molecule has 10 nitrogen and oxygen atoms in total. The van der Waals surface area contributed by atoms with Crippen LogP contribution in [0.3, 0.4) is 0 Å². The highest BCUT2D eigenvalue weighted by atomic mass is 32.2. The number of nitro groups is 1. The highest BCUT2D eigenvalue weighted by molar-refractivity contribution is 8.00. The fourth-order valence-electron chi connectivity index (χ4n) is 5.25. The topological polar surface area (TPSA) is 143 Å². The third-order valence-electron chi connectivity index (χ3n) is 8.00. The Morgan fingerprint density at radius 2 is 1.43 bits per heavy atom. The number of nitro benzene ring substituents is 1. The monoisotopic (exact) mass is 739 g/mol. The fourth-order valence-corrected chi connectivity index (χ4v) is 7.12. The van der Waals surface area contributed by atoms with Gasteiger partial charge in [0.25, 0.3) is 17.5 Å². The molecule has 0 radical (unpaired) electrons. The van der Waals surface area contributed by atoms with Crippen LogP contribution >= 0.6 is 23.1 Å². The Morgan fingerprint density at radius 3 is 2.08 bits per heavy atom. The van der Waals surface area contributed by atoms with Gasteiger partial charge < -0.3 is 16.0 Å². The van der Waals surface area contributed by atoms with Crippen LogP contribution in [0.2, 0.25) is 0 Å². The van der Waals surface area contributed by atoms with Crippen molar-refractivity contribution in [2.45, 2.75) is 24.0 Å². The molecule has 12 heteroatoms. The Hall–Kier alpha value is -6.37. The van der Waals surface area contributed by atoms with Crippen LogP contribution in [0.1, 0.15) is 37.2 Å². The number of thiazole rings is 1. The maximum atomic E-state index is 13.8. The number of hydrogen-bond acceptors (Lipinski definition) is 8. The largest absolute Gasteiger partial charge is 0.321 e. The molecule has 1 heterocycles. The Morgan fingerprint density at radius 1 is 0.792 bits per heavy atom. The average molecular weight is 740 g/mol. The van der Waals surface area contributed by atoms with E-state index in [0.717, 1.165) is 32.2 Å². The highest BCUT2D eigenvalue weighted by Gasteiger charge is 2.24. The fraction of sp³-hybridized carbons (Fsp3) is 0.0732. The minimum Gasteiger partial charge on any atom is -0.321 e. The second-order valence-electron chi connectivity index (χ2n) is 11.9. The summed E-state index contributed by atoms with van der Waals surface area (Å²) in [6.45, 7) is 4.02. The van der Waals surface area contributed by atoms with Crippen molar-refractivity contribution in [1.29, 1.82) is 0 Å². The van der Waals surface area contributed by atoms with Gasteiger partial charge in [-0.1, -0.05) is 78.4 Å². The number of aromatic nitrogens is 1. The predicted octanol–water partition coefficient (Wildman–Crippen LogP) is 9.22. The maximum absolute atomic E-state index is 13.8. The standard InChI is InChI=1S/C41H33N5O5S2/c1-26-13-17-29(18-14-26)36-27(2)52-41(44-36)45-40(49)37(30-9-5-3-6-10-30)53-34-23-19-32(20-24-34)42-39(48)35(43-38(47)31-11-7-4-8-12-31)25-28-15-21-33(22-16-28)46(50)51/h3-25,37H,1-2H3,(H,42,48)(H,43,47)(H,44,45,49)/b35-25-. The molecule has 6 rings (SSSR count). The number of non-ortho nitro benzene ring substituents is 1. The molecule has 53 heavy (non-hydrogen) atoms. The summed E-state index contributed by atoms with van der Waals surface area (Å²) < 4.78 is 0. The summed E-state index contributed by atoms with van der Waals surface area (Å²) in [6.07, 6.45) is 1.45. The van der Waals surface area contributed by atoms with Gasteiger partial charge >= 0.3 is 0 Å². The summed E-state index contributed by atoms with van der Waals surface area (Å²) in [7, 11) is 0. The lowest BCUT2D eigenvalue weighted by Gasteiger charge is -2.17. The van der Waals surface area contributed by atoms with E-state index >= 15 is 0 Å². The van der Waals surface area contributed by atoms with Crippen molar-refractivity contribution in [2.75, 3.05) is 10.6 Å². The van der Waals surface area contributed by atoms with Gasteiger partial charge in [-0.05, 0) is 79.6 Å². The van der Waals surface area contributed by atoms with Crippen molar-refractivity contribution in [3.8, 4) is 11.3 Å². The molecule has 1 aromatic heterocycles. The number of hydrogen-bond donors (Lipinski definition) is 3. The van der Waals surface area contributed by atoms with Gasteiger partial charge in [0.1, 0.15) is 10.9 Å². The van der Waals surface area contributed by atoms with Crippen LogP contribution in [0.25, 0.3) is 17.3 Å². The maximum Gasteiger partial charge on any atom is 0.272 e. The van der Waals surface area contributed by atoms with Crippen LogP contribution in [0, 0.1) is 24.0 Å². The molecule has 264 valence electrons. The van der Waals surface area contributed by atoms with Gasteiger partial charge in [-0.3, -0.25) is 24.5 Å². The second-order valence-corrected chi connectivity index (χ2v) is 14.3. The number of rotatable bonds is 12. The summed E-state index contributed by atoms with van der Waals surface area (Å²) in [5.41, 5.74) is 4.90. The molecule has 3 amide bonds. The summed E-state index contributed by atoms with van der Waals surface area (Å²) in [6, 6.07) is 38.7. The number of carbonyl (C=O) groups is 3. The van der Waals surface area contributed by atoms with Crippen molar-refractivity contribution < 1.29 is 19.3 Å². The molecule has 1 atom stereocenters. The van der Waals surface area contributed by atoms with E-state index < -0.39 is 22.0 Å². The van der Waals surface area contributed by atoms with E-state index in [1.54, 1.807) is 54.6 Å². The molecule has 0 spiro atoms. The summed E-state index contributed by atoms with van der Waals surface area (Å²) >= 11 is 2.78. The van der Waals surface area contributed by atoms with Gasteiger partial charge in [0, 0.05) is 38.7 Å². The molecule has 1 unspecified atom stereocenters. The van der Waals surface area contributed by atoms with E-state index in [2.05, 4.69) is 16.0 Å². The highest BCUT2D eigenvalue weighted by Crippen LogP contribution is 2.38. The summed E-state index contributed by atoms with van der Waals surface area (Å²) in [5, 5.41) is 19.5. The van der Waals surface area contributed by atoms with Crippen LogP contribution in [0.15, 0.2) is 144 Å². The van der Waals surface area contributed by atoms with Gasteiger partial charge in [-0.2, -0.15) is 0 Å². The summed E-state index contributed by atoms with van der Waals surface area (Å²) in [5.74, 6) is -1.32. The lowest BCUT2D eigenvalue weighted by atomic mass is 10.1. The zero-order chi connectivity index (χ0) is 37.3. The zero-order valence-corrected chi connectivity index (χ0v) is 30.2. The van der Waals surface area contributed by atoms with Gasteiger partial charge in [0.05, 0.1) is 10.6 Å². The smallest absolute Gasteiger partial charge is 0.272 e. The van der Waals surface area contributed by atoms with E-state index in [9.17, 15) is 24.5 Å². The Kier molecular flexibility index (Phi) is 11.5. The molecule has 0 aliphatic heterocycles. The second kappa shape index (κ2) is 16.8. The van der Waals surface area contributed by atoms with Crippen molar-refractivity contribution in [3.63, 3.8) is 0 Å². The number of nitrogens with one attached hydrogen (secondary N) is 3. The SMILES string of the molecule is Cc1ccc(-c2nc(NC(=O)C(Sc3ccc(NC(=O)/C(=C/c4ccc([N+](=O)[O-])cc4)NC(=O)c4ccccc4)cc3)c3ccccc3)sc2C)cc1. The van der Waals surface area contributed by atoms with Gasteiger partial charge in [0.15, 0.2) is 5.13 Å². The average Bonchev–Trinajstić information content (AvgIpc) is 3.54. The lowest BCUT2D eigenvalue weighted by molar-refractivity contribution is -0.384. The predicted molar refractivity (Wildman–Crippen MR) is 211 cm³/mol. The minimum absolute atomic E-state index is 0.0603. The van der Waals surface area contributed by atoms with Crippen molar-refractivity contribution in [1.82, 2.24) is 10.3 Å². The third-order valence-corrected chi connectivity index (χ3v) is 10.2. The molecule has 0 fully saturated rings. The number of thioether (sulfide) groups is 1. The van der Waals surface area contributed by atoms with E-state index in [4.69, 9.17) is 4.98 Å². The van der Waals surface area contributed by atoms with Crippen molar-refractivity contribution in [3.05, 3.63) is 176 Å². The van der Waals surface area contributed by atoms with Crippen LogP contribution in [0.5, 0.6) is 0 Å². The number of carbonyl (C=O) groups excluding carboxylic acids is 3. The normalized spacial score (nSPS) is 11.7.